The first kappa shape index (κ1) is 17.4. The molecule has 0 aromatic heterocycles. The van der Waals surface area contributed by atoms with E-state index in [0.717, 1.165) is 12.1 Å². The third-order valence-corrected chi connectivity index (χ3v) is 3.45. The molecule has 0 aliphatic carbocycles. The Labute approximate surface area is 139 Å². The van der Waals surface area contributed by atoms with Gasteiger partial charge in [-0.15, -0.1) is 0 Å². The minimum Gasteiger partial charge on any atom is -0.465 e. The molecule has 23 heavy (non-hydrogen) atoms. The molecule has 0 heterocycles. The molecule has 0 aliphatic rings. The standard InChI is InChI=1S/C15H9Cl2F3O3/c1-22-14(21)8-2-5-13(12(17)6-8)23-9-3-4-11(16)10(7-9)15(18,19)20/h2-7H,1H3. The molecular weight excluding hydrogens is 356 g/mol. The van der Waals surface area contributed by atoms with Crippen LogP contribution in [0.5, 0.6) is 11.5 Å². The summed E-state index contributed by atoms with van der Waals surface area (Å²) in [5, 5.41) is -0.381. The van der Waals surface area contributed by atoms with Crippen molar-refractivity contribution in [3.05, 3.63) is 57.6 Å². The molecule has 0 amide bonds. The van der Waals surface area contributed by atoms with Gasteiger partial charge < -0.3 is 9.47 Å². The van der Waals surface area contributed by atoms with E-state index in [4.69, 9.17) is 27.9 Å². The molecule has 0 saturated carbocycles. The topological polar surface area (TPSA) is 35.5 Å². The zero-order chi connectivity index (χ0) is 17.2. The third kappa shape index (κ3) is 4.09. The van der Waals surface area contributed by atoms with E-state index >= 15 is 0 Å². The Morgan fingerprint density at radius 3 is 2.30 bits per heavy atom. The summed E-state index contributed by atoms with van der Waals surface area (Å²) in [6.45, 7) is 0. The first-order chi connectivity index (χ1) is 10.7. The molecule has 0 atom stereocenters. The molecule has 0 N–H and O–H groups in total. The van der Waals surface area contributed by atoms with E-state index in [9.17, 15) is 18.0 Å². The van der Waals surface area contributed by atoms with Crippen molar-refractivity contribution in [2.75, 3.05) is 7.11 Å². The molecule has 0 bridgehead atoms. The Bertz CT molecular complexity index is 745. The molecule has 0 spiro atoms. The number of hydrogen-bond donors (Lipinski definition) is 0. The van der Waals surface area contributed by atoms with E-state index in [2.05, 4.69) is 4.74 Å². The lowest BCUT2D eigenvalue weighted by Crippen LogP contribution is -2.06. The molecule has 0 fully saturated rings. The van der Waals surface area contributed by atoms with Crippen LogP contribution in [0.3, 0.4) is 0 Å². The Hall–Kier alpha value is -1.92. The second kappa shape index (κ2) is 6.68. The van der Waals surface area contributed by atoms with Crippen LogP contribution in [0.15, 0.2) is 36.4 Å². The summed E-state index contributed by atoms with van der Waals surface area (Å²) < 4.78 is 48.3. The van der Waals surface area contributed by atoms with Gasteiger partial charge in [0.15, 0.2) is 0 Å². The van der Waals surface area contributed by atoms with E-state index in [0.29, 0.717) is 0 Å². The highest BCUT2D eigenvalue weighted by atomic mass is 35.5. The van der Waals surface area contributed by atoms with Crippen molar-refractivity contribution in [3.8, 4) is 11.5 Å². The van der Waals surface area contributed by atoms with E-state index in [1.165, 1.54) is 31.4 Å². The lowest BCUT2D eigenvalue weighted by Gasteiger charge is -2.12. The van der Waals surface area contributed by atoms with E-state index in [1.807, 2.05) is 0 Å². The number of benzene rings is 2. The summed E-state index contributed by atoms with van der Waals surface area (Å²) in [7, 11) is 1.22. The van der Waals surface area contributed by atoms with Crippen molar-refractivity contribution in [2.45, 2.75) is 6.18 Å². The smallest absolute Gasteiger partial charge is 0.417 e. The fourth-order valence-electron chi connectivity index (χ4n) is 1.74. The predicted octanol–water partition coefficient (Wildman–Crippen LogP) is 5.59. The third-order valence-electron chi connectivity index (χ3n) is 2.82. The number of alkyl halides is 3. The van der Waals surface area contributed by atoms with Crippen LogP contribution in [0, 0.1) is 0 Å². The Balaban J connectivity index is 2.31. The van der Waals surface area contributed by atoms with Gasteiger partial charge in [-0.2, -0.15) is 13.2 Å². The lowest BCUT2D eigenvalue weighted by atomic mass is 10.2. The molecular formula is C15H9Cl2F3O3. The minimum absolute atomic E-state index is 0.0522. The van der Waals surface area contributed by atoms with Gasteiger partial charge >= 0.3 is 12.1 Å². The summed E-state index contributed by atoms with van der Waals surface area (Å²) in [4.78, 5) is 11.4. The van der Waals surface area contributed by atoms with Crippen LogP contribution in [0.4, 0.5) is 13.2 Å². The number of hydrogen-bond acceptors (Lipinski definition) is 3. The van der Waals surface area contributed by atoms with Crippen molar-refractivity contribution < 1.29 is 27.4 Å². The molecule has 0 unspecified atom stereocenters. The number of carbonyl (C=O) groups excluding carboxylic acids is 1. The summed E-state index contributed by atoms with van der Waals surface area (Å²) in [6.07, 6.45) is -4.60. The second-order valence-electron chi connectivity index (χ2n) is 4.38. The van der Waals surface area contributed by atoms with Crippen molar-refractivity contribution in [1.29, 1.82) is 0 Å². The molecule has 122 valence electrons. The molecule has 3 nitrogen and oxygen atoms in total. The zero-order valence-corrected chi connectivity index (χ0v) is 13.1. The maximum atomic E-state index is 12.8. The second-order valence-corrected chi connectivity index (χ2v) is 5.19. The Morgan fingerprint density at radius 1 is 1.04 bits per heavy atom. The summed E-state index contributed by atoms with van der Waals surface area (Å²) >= 11 is 11.5. The average Bonchev–Trinajstić information content (AvgIpc) is 2.49. The van der Waals surface area contributed by atoms with Crippen LogP contribution in [0.2, 0.25) is 10.0 Å². The summed E-state index contributed by atoms with van der Waals surface area (Å²) in [6, 6.07) is 7.17. The normalized spacial score (nSPS) is 11.2. The molecule has 0 aliphatic heterocycles. The number of carbonyl (C=O) groups is 1. The van der Waals surface area contributed by atoms with Gasteiger partial charge in [0.1, 0.15) is 11.5 Å². The van der Waals surface area contributed by atoms with Gasteiger partial charge in [0.05, 0.1) is 28.3 Å². The van der Waals surface area contributed by atoms with Crippen LogP contribution in [-0.4, -0.2) is 13.1 Å². The molecule has 0 saturated heterocycles. The van der Waals surface area contributed by atoms with Gasteiger partial charge in [0.25, 0.3) is 0 Å². The number of rotatable bonds is 3. The van der Waals surface area contributed by atoms with Gasteiger partial charge in [-0.1, -0.05) is 23.2 Å². The number of methoxy groups -OCH3 is 1. The van der Waals surface area contributed by atoms with Crippen molar-refractivity contribution in [2.24, 2.45) is 0 Å². The first-order valence-electron chi connectivity index (χ1n) is 6.15. The quantitative estimate of drug-likeness (QED) is 0.665. The van der Waals surface area contributed by atoms with Gasteiger partial charge in [-0.05, 0) is 36.4 Å². The number of halogens is 5. The van der Waals surface area contributed by atoms with E-state index in [-0.39, 0.29) is 22.1 Å². The maximum absolute atomic E-state index is 12.8. The van der Waals surface area contributed by atoms with Crippen molar-refractivity contribution >= 4 is 29.2 Å². The van der Waals surface area contributed by atoms with E-state index < -0.39 is 22.7 Å². The lowest BCUT2D eigenvalue weighted by molar-refractivity contribution is -0.137. The zero-order valence-electron chi connectivity index (χ0n) is 11.6. The molecule has 2 aromatic rings. The highest BCUT2D eigenvalue weighted by molar-refractivity contribution is 6.32. The van der Waals surface area contributed by atoms with Crippen LogP contribution in [0.1, 0.15) is 15.9 Å². The number of ether oxygens (including phenoxy) is 2. The molecule has 2 aromatic carbocycles. The fourth-order valence-corrected chi connectivity index (χ4v) is 2.18. The van der Waals surface area contributed by atoms with E-state index in [1.54, 1.807) is 0 Å². The predicted molar refractivity (Wildman–Crippen MR) is 79.3 cm³/mol. The number of esters is 1. The van der Waals surface area contributed by atoms with Gasteiger partial charge in [-0.3, -0.25) is 0 Å². The maximum Gasteiger partial charge on any atom is 0.417 e. The van der Waals surface area contributed by atoms with Crippen LogP contribution in [-0.2, 0) is 10.9 Å². The van der Waals surface area contributed by atoms with Gasteiger partial charge in [0.2, 0.25) is 0 Å². The van der Waals surface area contributed by atoms with Crippen molar-refractivity contribution in [1.82, 2.24) is 0 Å². The first-order valence-corrected chi connectivity index (χ1v) is 6.90. The SMILES string of the molecule is COC(=O)c1ccc(Oc2ccc(Cl)c(C(F)(F)F)c2)c(Cl)c1. The molecule has 8 heteroatoms. The summed E-state index contributed by atoms with van der Waals surface area (Å²) in [5.74, 6) is -0.589. The highest BCUT2D eigenvalue weighted by Crippen LogP contribution is 2.38. The average molecular weight is 365 g/mol. The minimum atomic E-state index is -4.60. The molecule has 2 rings (SSSR count). The summed E-state index contributed by atoms with van der Waals surface area (Å²) in [5.41, 5.74) is -0.823. The van der Waals surface area contributed by atoms with Crippen LogP contribution in [0.25, 0.3) is 0 Å². The van der Waals surface area contributed by atoms with Crippen LogP contribution < -0.4 is 4.74 Å². The van der Waals surface area contributed by atoms with Crippen molar-refractivity contribution in [3.63, 3.8) is 0 Å². The van der Waals surface area contributed by atoms with Crippen LogP contribution >= 0.6 is 23.2 Å². The Morgan fingerprint density at radius 2 is 1.74 bits per heavy atom. The highest BCUT2D eigenvalue weighted by Gasteiger charge is 2.33. The van der Waals surface area contributed by atoms with Gasteiger partial charge in [-0.25, -0.2) is 4.79 Å². The monoisotopic (exact) mass is 364 g/mol. The Kier molecular flexibility index (Phi) is 5.06. The molecule has 0 radical (unpaired) electrons. The van der Waals surface area contributed by atoms with Gasteiger partial charge in [0, 0.05) is 0 Å². The fraction of sp³-hybridized carbons (Fsp3) is 0.133. The largest absolute Gasteiger partial charge is 0.465 e.